The van der Waals surface area contributed by atoms with Gasteiger partial charge >= 0.3 is 7.94 Å². The minimum Gasteiger partial charge on any atom is -0.366 e. The zero-order chi connectivity index (χ0) is 14.8. The molecule has 1 aromatic heterocycles. The lowest BCUT2D eigenvalue weighted by atomic mass is 10.2. The quantitative estimate of drug-likeness (QED) is 0.707. The van der Waals surface area contributed by atoms with Crippen molar-refractivity contribution in [3.05, 3.63) is 30.0 Å². The standard InChI is InChI=1S/C13H17N2O4P/c1-3-18-20(17,19-4-2)9-5-6-12-10(7-9)11(8-15-12)13(14)16/h5-8,17H,3-4H2,1-2H3,(H2-,14,15,16)/p+1. The maximum absolute atomic E-state index is 11.4. The molecule has 1 amide bonds. The summed E-state index contributed by atoms with van der Waals surface area (Å²) < 4.78 is 10.8. The molecule has 4 N–H and O–H groups in total. The van der Waals surface area contributed by atoms with Crippen LogP contribution < -0.4 is 11.0 Å². The van der Waals surface area contributed by atoms with Gasteiger partial charge < -0.3 is 10.7 Å². The number of hydrogen-bond donors (Lipinski definition) is 3. The van der Waals surface area contributed by atoms with Crippen molar-refractivity contribution in [1.82, 2.24) is 4.98 Å². The van der Waals surface area contributed by atoms with Gasteiger partial charge in [-0.1, -0.05) is 0 Å². The van der Waals surface area contributed by atoms with Gasteiger partial charge in [-0.25, -0.2) is 0 Å². The van der Waals surface area contributed by atoms with Crippen molar-refractivity contribution in [2.75, 3.05) is 13.2 Å². The van der Waals surface area contributed by atoms with Crippen molar-refractivity contribution < 1.29 is 18.7 Å². The number of aromatic amines is 1. The van der Waals surface area contributed by atoms with Crippen LogP contribution in [0.2, 0.25) is 0 Å². The number of aromatic nitrogens is 1. The Balaban J connectivity index is 2.53. The van der Waals surface area contributed by atoms with E-state index in [0.717, 1.165) is 5.52 Å². The number of benzene rings is 1. The summed E-state index contributed by atoms with van der Waals surface area (Å²) in [5, 5.41) is 1.17. The number of nitrogens with one attached hydrogen (secondary N) is 1. The highest BCUT2D eigenvalue weighted by Gasteiger charge is 2.43. The molecule has 0 aliphatic carbocycles. The van der Waals surface area contributed by atoms with Gasteiger partial charge in [-0.3, -0.25) is 4.79 Å². The highest BCUT2D eigenvalue weighted by molar-refractivity contribution is 7.68. The number of fused-ring (bicyclic) bond motifs is 1. The molecule has 108 valence electrons. The van der Waals surface area contributed by atoms with E-state index >= 15 is 0 Å². The Morgan fingerprint density at radius 2 is 2.00 bits per heavy atom. The number of amides is 1. The first-order chi connectivity index (χ1) is 9.51. The Morgan fingerprint density at radius 1 is 1.35 bits per heavy atom. The smallest absolute Gasteiger partial charge is 0.366 e. The van der Waals surface area contributed by atoms with Crippen LogP contribution in [-0.2, 0) is 9.05 Å². The number of nitrogens with two attached hydrogens (primary N) is 1. The summed E-state index contributed by atoms with van der Waals surface area (Å²) in [4.78, 5) is 24.9. The molecule has 0 atom stereocenters. The third kappa shape index (κ3) is 2.69. The van der Waals surface area contributed by atoms with E-state index in [1.165, 1.54) is 0 Å². The second-order valence-corrected chi connectivity index (χ2v) is 6.23. The van der Waals surface area contributed by atoms with Gasteiger partial charge in [-0.15, -0.1) is 0 Å². The van der Waals surface area contributed by atoms with Crippen LogP contribution in [0.1, 0.15) is 24.2 Å². The first-order valence-corrected chi connectivity index (χ1v) is 7.92. The van der Waals surface area contributed by atoms with Crippen LogP contribution in [0.5, 0.6) is 0 Å². The summed E-state index contributed by atoms with van der Waals surface area (Å²) in [6.07, 6.45) is 1.55. The molecule has 20 heavy (non-hydrogen) atoms. The van der Waals surface area contributed by atoms with Gasteiger partial charge in [-0.2, -0.15) is 13.9 Å². The second kappa shape index (κ2) is 5.89. The Hall–Kier alpha value is -1.46. The molecule has 0 spiro atoms. The molecule has 6 nitrogen and oxygen atoms in total. The summed E-state index contributed by atoms with van der Waals surface area (Å²) in [5.41, 5.74) is 6.47. The van der Waals surface area contributed by atoms with Crippen LogP contribution in [0.4, 0.5) is 0 Å². The summed E-state index contributed by atoms with van der Waals surface area (Å²) >= 11 is 0. The SMILES string of the molecule is CCO[P+](O)(OCC)c1ccc2[nH]cc(C(N)=O)c2c1. The predicted molar refractivity (Wildman–Crippen MR) is 78.8 cm³/mol. The van der Waals surface area contributed by atoms with E-state index in [4.69, 9.17) is 14.8 Å². The fourth-order valence-corrected chi connectivity index (χ4v) is 3.65. The van der Waals surface area contributed by atoms with Crippen molar-refractivity contribution in [2.24, 2.45) is 5.73 Å². The first kappa shape index (κ1) is 14.9. The molecule has 2 aromatic rings. The topological polar surface area (TPSA) is 97.6 Å². The van der Waals surface area contributed by atoms with Gasteiger partial charge in [0, 0.05) is 17.1 Å². The van der Waals surface area contributed by atoms with Gasteiger partial charge in [0.2, 0.25) is 0 Å². The molecule has 0 aliphatic rings. The zero-order valence-corrected chi connectivity index (χ0v) is 12.3. The van der Waals surface area contributed by atoms with Crippen LogP contribution >= 0.6 is 7.94 Å². The summed E-state index contributed by atoms with van der Waals surface area (Å²) in [7, 11) is -3.12. The molecule has 0 saturated carbocycles. The molecular weight excluding hydrogens is 279 g/mol. The van der Waals surface area contributed by atoms with Gasteiger partial charge in [0.15, 0.2) is 5.30 Å². The Kier molecular flexibility index (Phi) is 4.40. The molecule has 1 heterocycles. The van der Waals surface area contributed by atoms with Crippen molar-refractivity contribution in [1.29, 1.82) is 0 Å². The Labute approximate surface area is 117 Å². The largest absolute Gasteiger partial charge is 0.446 e. The Bertz CT molecular complexity index is 620. The van der Waals surface area contributed by atoms with Crippen LogP contribution in [0.3, 0.4) is 0 Å². The second-order valence-electron chi connectivity index (χ2n) is 4.15. The van der Waals surface area contributed by atoms with E-state index in [1.54, 1.807) is 38.2 Å². The molecule has 0 radical (unpaired) electrons. The van der Waals surface area contributed by atoms with E-state index in [9.17, 15) is 9.69 Å². The number of carbonyl (C=O) groups excluding carboxylic acids is 1. The van der Waals surface area contributed by atoms with Gasteiger partial charge in [0.05, 0.1) is 18.8 Å². The molecule has 7 heteroatoms. The van der Waals surface area contributed by atoms with E-state index in [0.29, 0.717) is 29.5 Å². The average molecular weight is 297 g/mol. The highest BCUT2D eigenvalue weighted by Crippen LogP contribution is 2.55. The summed E-state index contributed by atoms with van der Waals surface area (Å²) in [6.45, 7) is 4.23. The normalized spacial score (nSPS) is 11.9. The van der Waals surface area contributed by atoms with Gasteiger partial charge in [0.25, 0.3) is 5.91 Å². The molecule has 0 unspecified atom stereocenters. The Morgan fingerprint density at radius 3 is 2.55 bits per heavy atom. The molecule has 0 bridgehead atoms. The van der Waals surface area contributed by atoms with Crippen molar-refractivity contribution in [2.45, 2.75) is 13.8 Å². The molecule has 1 aromatic carbocycles. The van der Waals surface area contributed by atoms with E-state index in [1.807, 2.05) is 0 Å². The minimum atomic E-state index is -3.12. The number of carbonyl (C=O) groups is 1. The van der Waals surface area contributed by atoms with Crippen molar-refractivity contribution in [3.63, 3.8) is 0 Å². The summed E-state index contributed by atoms with van der Waals surface area (Å²) in [5.74, 6) is -0.525. The molecule has 0 fully saturated rings. The lowest BCUT2D eigenvalue weighted by Crippen LogP contribution is -2.17. The lowest BCUT2D eigenvalue weighted by Gasteiger charge is -2.15. The van der Waals surface area contributed by atoms with Crippen LogP contribution in [-0.4, -0.2) is 29.0 Å². The van der Waals surface area contributed by atoms with Crippen LogP contribution in [0.25, 0.3) is 10.9 Å². The maximum atomic E-state index is 11.4. The average Bonchev–Trinajstić information content (AvgIpc) is 2.82. The fraction of sp³-hybridized carbons (Fsp3) is 0.308. The lowest BCUT2D eigenvalue weighted by molar-refractivity contribution is 0.100. The third-order valence-corrected chi connectivity index (χ3v) is 5.01. The van der Waals surface area contributed by atoms with E-state index in [2.05, 4.69) is 4.98 Å². The maximum Gasteiger partial charge on any atom is 0.446 e. The summed E-state index contributed by atoms with van der Waals surface area (Å²) in [6, 6.07) is 5.17. The monoisotopic (exact) mass is 297 g/mol. The van der Waals surface area contributed by atoms with Crippen LogP contribution in [0, 0.1) is 0 Å². The molecule has 0 saturated heterocycles. The van der Waals surface area contributed by atoms with Crippen LogP contribution in [0.15, 0.2) is 24.4 Å². The number of rotatable bonds is 6. The van der Waals surface area contributed by atoms with Gasteiger partial charge in [-0.05, 0) is 32.0 Å². The van der Waals surface area contributed by atoms with Crippen molar-refractivity contribution in [3.8, 4) is 0 Å². The number of hydrogen-bond acceptors (Lipinski definition) is 4. The predicted octanol–water partition coefficient (Wildman–Crippen LogP) is 1.72. The molecule has 2 rings (SSSR count). The third-order valence-electron chi connectivity index (χ3n) is 2.87. The number of H-pyrrole nitrogens is 1. The van der Waals surface area contributed by atoms with Gasteiger partial charge in [0.1, 0.15) is 0 Å². The zero-order valence-electron chi connectivity index (χ0n) is 11.4. The molecule has 0 aliphatic heterocycles. The first-order valence-electron chi connectivity index (χ1n) is 6.34. The molecular formula is C13H18N2O4P+. The highest BCUT2D eigenvalue weighted by atomic mass is 31.2. The van der Waals surface area contributed by atoms with E-state index in [-0.39, 0.29) is 0 Å². The minimum absolute atomic E-state index is 0.331. The van der Waals surface area contributed by atoms with E-state index < -0.39 is 13.9 Å². The number of primary amides is 1. The van der Waals surface area contributed by atoms with Crippen molar-refractivity contribution >= 4 is 30.1 Å². The fourth-order valence-electron chi connectivity index (χ4n) is 2.02.